The molecule has 1 aromatic carbocycles. The number of carbonyl (C=O) groups is 1. The van der Waals surface area contributed by atoms with Crippen molar-refractivity contribution in [2.24, 2.45) is 7.05 Å². The maximum Gasteiger partial charge on any atom is 0.266 e. The van der Waals surface area contributed by atoms with Crippen LogP contribution < -0.4 is 15.6 Å². The lowest BCUT2D eigenvalue weighted by molar-refractivity contribution is 0.0951. The van der Waals surface area contributed by atoms with Crippen molar-refractivity contribution >= 4 is 5.91 Å². The van der Waals surface area contributed by atoms with Gasteiger partial charge in [-0.05, 0) is 48.9 Å². The summed E-state index contributed by atoms with van der Waals surface area (Å²) in [5, 5.41) is 7.05. The molecule has 3 aromatic rings. The van der Waals surface area contributed by atoms with Crippen molar-refractivity contribution in [1.82, 2.24) is 20.1 Å². The molecule has 0 saturated heterocycles. The first kappa shape index (κ1) is 18.3. The van der Waals surface area contributed by atoms with E-state index < -0.39 is 0 Å². The second kappa shape index (κ2) is 8.75. The van der Waals surface area contributed by atoms with E-state index in [-0.39, 0.29) is 11.5 Å². The fourth-order valence-electron chi connectivity index (χ4n) is 2.44. The van der Waals surface area contributed by atoms with E-state index >= 15 is 0 Å². The summed E-state index contributed by atoms with van der Waals surface area (Å²) in [6, 6.07) is 14.1. The molecule has 2 heterocycles. The molecule has 1 N–H and O–H groups in total. The van der Waals surface area contributed by atoms with Crippen molar-refractivity contribution < 1.29 is 9.53 Å². The molecule has 0 aliphatic heterocycles. The van der Waals surface area contributed by atoms with E-state index in [1.807, 2.05) is 24.3 Å². The second-order valence-electron chi connectivity index (χ2n) is 5.90. The number of rotatable bonds is 7. The zero-order valence-electron chi connectivity index (χ0n) is 15.0. The molecule has 0 aliphatic rings. The third kappa shape index (κ3) is 5.01. The van der Waals surface area contributed by atoms with Gasteiger partial charge in [-0.1, -0.05) is 0 Å². The third-order valence-corrected chi connectivity index (χ3v) is 3.91. The monoisotopic (exact) mass is 364 g/mol. The Morgan fingerprint density at radius 3 is 2.67 bits per heavy atom. The molecule has 0 radical (unpaired) electrons. The summed E-state index contributed by atoms with van der Waals surface area (Å²) < 4.78 is 6.99. The average molecular weight is 364 g/mol. The highest BCUT2D eigenvalue weighted by Crippen LogP contribution is 2.19. The number of nitrogens with zero attached hydrogens (tertiary/aromatic N) is 3. The maximum atomic E-state index is 11.9. The smallest absolute Gasteiger partial charge is 0.266 e. The van der Waals surface area contributed by atoms with E-state index in [2.05, 4.69) is 15.4 Å². The predicted molar refractivity (Wildman–Crippen MR) is 102 cm³/mol. The zero-order chi connectivity index (χ0) is 19.1. The number of benzene rings is 1. The summed E-state index contributed by atoms with van der Waals surface area (Å²) in [7, 11) is 1.62. The Kier molecular flexibility index (Phi) is 5.94. The summed E-state index contributed by atoms with van der Waals surface area (Å²) in [4.78, 5) is 27.2. The minimum absolute atomic E-state index is 0.141. The number of amides is 1. The van der Waals surface area contributed by atoms with Gasteiger partial charge in [0.15, 0.2) is 0 Å². The molecule has 1 amide bonds. The topological polar surface area (TPSA) is 86.1 Å². The van der Waals surface area contributed by atoms with Crippen LogP contribution in [0.15, 0.2) is 65.7 Å². The average Bonchev–Trinajstić information content (AvgIpc) is 2.71. The third-order valence-electron chi connectivity index (χ3n) is 3.91. The van der Waals surface area contributed by atoms with Crippen LogP contribution in [0.4, 0.5) is 0 Å². The number of aromatic nitrogens is 3. The molecule has 0 spiro atoms. The van der Waals surface area contributed by atoms with Crippen LogP contribution >= 0.6 is 0 Å². The molecule has 0 unspecified atom stereocenters. The number of nitrogens with one attached hydrogen (secondary N) is 1. The van der Waals surface area contributed by atoms with Crippen molar-refractivity contribution in [2.45, 2.75) is 6.42 Å². The Balaban J connectivity index is 1.44. The van der Waals surface area contributed by atoms with Crippen LogP contribution in [0.25, 0.3) is 11.3 Å². The fourth-order valence-corrected chi connectivity index (χ4v) is 2.44. The van der Waals surface area contributed by atoms with Gasteiger partial charge in [0.25, 0.3) is 11.5 Å². The summed E-state index contributed by atoms with van der Waals surface area (Å²) in [6.07, 6.45) is 3.85. The predicted octanol–water partition coefficient (Wildman–Crippen LogP) is 2.04. The Morgan fingerprint density at radius 1 is 1.15 bits per heavy atom. The molecule has 0 fully saturated rings. The van der Waals surface area contributed by atoms with Crippen LogP contribution in [0.1, 0.15) is 16.8 Å². The van der Waals surface area contributed by atoms with Crippen LogP contribution in [0.2, 0.25) is 0 Å². The lowest BCUT2D eigenvalue weighted by Gasteiger charge is -2.08. The van der Waals surface area contributed by atoms with Gasteiger partial charge < -0.3 is 10.1 Å². The van der Waals surface area contributed by atoms with Gasteiger partial charge in [0.1, 0.15) is 5.75 Å². The van der Waals surface area contributed by atoms with Crippen LogP contribution in [-0.2, 0) is 7.05 Å². The van der Waals surface area contributed by atoms with Gasteiger partial charge in [-0.25, -0.2) is 4.68 Å². The van der Waals surface area contributed by atoms with Crippen LogP contribution in [-0.4, -0.2) is 33.8 Å². The van der Waals surface area contributed by atoms with Crippen molar-refractivity contribution in [3.05, 3.63) is 76.8 Å². The lowest BCUT2D eigenvalue weighted by Crippen LogP contribution is -2.25. The molecule has 0 aliphatic carbocycles. The van der Waals surface area contributed by atoms with Gasteiger partial charge in [0.2, 0.25) is 0 Å². The minimum Gasteiger partial charge on any atom is -0.494 e. The van der Waals surface area contributed by atoms with E-state index in [4.69, 9.17) is 4.74 Å². The van der Waals surface area contributed by atoms with Crippen LogP contribution in [0, 0.1) is 0 Å². The molecule has 27 heavy (non-hydrogen) atoms. The van der Waals surface area contributed by atoms with E-state index in [0.29, 0.717) is 25.1 Å². The first-order valence-electron chi connectivity index (χ1n) is 8.59. The highest BCUT2D eigenvalue weighted by atomic mass is 16.5. The molecule has 0 atom stereocenters. The normalized spacial score (nSPS) is 10.4. The molecule has 7 heteroatoms. The van der Waals surface area contributed by atoms with Gasteiger partial charge in [-0.3, -0.25) is 14.6 Å². The highest BCUT2D eigenvalue weighted by Gasteiger charge is 2.04. The van der Waals surface area contributed by atoms with Crippen molar-refractivity contribution in [3.63, 3.8) is 0 Å². The molecule has 138 valence electrons. The Bertz CT molecular complexity index is 953. The summed E-state index contributed by atoms with van der Waals surface area (Å²) in [5.41, 5.74) is 2.03. The summed E-state index contributed by atoms with van der Waals surface area (Å²) >= 11 is 0. The second-order valence-corrected chi connectivity index (χ2v) is 5.90. The lowest BCUT2D eigenvalue weighted by atomic mass is 10.1. The number of hydrogen-bond donors (Lipinski definition) is 1. The number of hydrogen-bond acceptors (Lipinski definition) is 5. The van der Waals surface area contributed by atoms with Crippen LogP contribution in [0.3, 0.4) is 0 Å². The van der Waals surface area contributed by atoms with E-state index in [1.54, 1.807) is 31.4 Å². The first-order valence-corrected chi connectivity index (χ1v) is 8.59. The van der Waals surface area contributed by atoms with Crippen molar-refractivity contribution in [2.75, 3.05) is 13.2 Å². The molecule has 0 saturated carbocycles. The quantitative estimate of drug-likeness (QED) is 0.649. The molecule has 2 aromatic heterocycles. The van der Waals surface area contributed by atoms with Crippen LogP contribution in [0.5, 0.6) is 5.75 Å². The van der Waals surface area contributed by atoms with E-state index in [0.717, 1.165) is 17.0 Å². The Labute approximate surface area is 156 Å². The summed E-state index contributed by atoms with van der Waals surface area (Å²) in [6.45, 7) is 1.01. The first-order chi connectivity index (χ1) is 13.1. The zero-order valence-corrected chi connectivity index (χ0v) is 15.0. The number of carbonyl (C=O) groups excluding carboxylic acids is 1. The molecule has 0 bridgehead atoms. The Hall–Kier alpha value is -3.48. The van der Waals surface area contributed by atoms with Crippen molar-refractivity contribution in [1.29, 1.82) is 0 Å². The number of ether oxygens (including phenoxy) is 1. The fraction of sp³-hybridized carbons (Fsp3) is 0.200. The highest BCUT2D eigenvalue weighted by molar-refractivity contribution is 5.93. The molecular formula is C20H20N4O3. The van der Waals surface area contributed by atoms with Gasteiger partial charge in [-0.2, -0.15) is 5.10 Å². The van der Waals surface area contributed by atoms with Crippen molar-refractivity contribution in [3.8, 4) is 17.0 Å². The number of aryl methyl sites for hydroxylation is 1. The summed E-state index contributed by atoms with van der Waals surface area (Å²) in [5.74, 6) is 0.597. The standard InChI is InChI=1S/C20H20N4O3/c1-24-19(25)10-9-18(23-24)15-5-7-17(8-6-15)27-13-3-12-22-20(26)16-4-2-11-21-14-16/h2,4-11,14H,3,12-13H2,1H3,(H,22,26). The van der Waals surface area contributed by atoms with E-state index in [1.165, 1.54) is 16.9 Å². The van der Waals surface area contributed by atoms with Gasteiger partial charge in [0.05, 0.1) is 17.9 Å². The maximum absolute atomic E-state index is 11.9. The molecule has 3 rings (SSSR count). The largest absolute Gasteiger partial charge is 0.494 e. The molecular weight excluding hydrogens is 344 g/mol. The van der Waals surface area contributed by atoms with Gasteiger partial charge >= 0.3 is 0 Å². The SMILES string of the molecule is Cn1nc(-c2ccc(OCCCNC(=O)c3cccnc3)cc2)ccc1=O. The number of pyridine rings is 1. The van der Waals surface area contributed by atoms with Gasteiger partial charge in [0, 0.05) is 37.6 Å². The van der Waals surface area contributed by atoms with E-state index in [9.17, 15) is 9.59 Å². The Morgan fingerprint density at radius 2 is 1.96 bits per heavy atom. The van der Waals surface area contributed by atoms with Gasteiger partial charge in [-0.15, -0.1) is 0 Å². The minimum atomic E-state index is -0.144. The molecule has 7 nitrogen and oxygen atoms in total.